The molecule has 1 fully saturated rings. The number of unbranched alkanes of at least 4 members (excludes halogenated alkanes) is 1. The number of H-pyrrole nitrogens is 1. The average molecular weight is 1180 g/mol. The number of benzene rings is 5. The molecule has 2 aromatic heterocycles. The van der Waals surface area contributed by atoms with Crippen molar-refractivity contribution in [3.05, 3.63) is 162 Å². The molecule has 0 radical (unpaired) electrons. The summed E-state index contributed by atoms with van der Waals surface area (Å²) < 4.78 is 0. The molecule has 1 aliphatic heterocycles. The lowest BCUT2D eigenvalue weighted by molar-refractivity contribution is -0.136. The van der Waals surface area contributed by atoms with E-state index in [1.165, 1.54) is 0 Å². The minimum atomic E-state index is -1.37. The van der Waals surface area contributed by atoms with Crippen LogP contribution < -0.4 is 54.4 Å². The number of primary amides is 1. The first-order chi connectivity index (χ1) is 40.5. The van der Waals surface area contributed by atoms with Gasteiger partial charge in [-0.2, -0.15) is 0 Å². The number of pyridine rings is 1. The first-order valence-corrected chi connectivity index (χ1v) is 30.5. The van der Waals surface area contributed by atoms with Gasteiger partial charge >= 0.3 is 0 Å². The van der Waals surface area contributed by atoms with E-state index in [0.717, 1.165) is 59.6 Å². The van der Waals surface area contributed by atoms with E-state index in [2.05, 4.69) is 47.2 Å². The van der Waals surface area contributed by atoms with E-state index < -0.39 is 102 Å². The third-order valence-corrected chi connectivity index (χ3v) is 17.1. The average Bonchev–Trinajstić information content (AvgIpc) is 4.10. The van der Waals surface area contributed by atoms with Crippen molar-refractivity contribution in [2.75, 3.05) is 18.1 Å². The van der Waals surface area contributed by atoms with Gasteiger partial charge in [0.05, 0.1) is 6.04 Å². The molecule has 1 saturated heterocycles. The van der Waals surface area contributed by atoms with E-state index in [1.54, 1.807) is 44.6 Å². The molecule has 20 nitrogen and oxygen atoms in total. The van der Waals surface area contributed by atoms with E-state index >= 15 is 0 Å². The van der Waals surface area contributed by atoms with Gasteiger partial charge in [-0.05, 0) is 94.1 Å². The van der Waals surface area contributed by atoms with Crippen LogP contribution in [0.3, 0.4) is 0 Å². The second-order valence-electron chi connectivity index (χ2n) is 21.4. The molecule has 7 aromatic rings. The van der Waals surface area contributed by atoms with Gasteiger partial charge in [-0.1, -0.05) is 145 Å². The molecule has 0 unspecified atom stereocenters. The standard InChI is InChI=1S/C62H72N12O8S2/c1-36(2)54-62(82)73-53(60(80)69-49(55(65)75)29-38-21-23-41-14-4-6-16-43(41)27-38)35-84-83-34-52(72-56(76)46(64)28-37-20-22-40-13-3-5-15-42(40)26-37)61(81)70-50(30-39-12-11-25-66-32-39)58(78)71-51(31-44-33-67-47-18-8-7-17-45(44)47)59(79)68-48(57(77)74-54)19-9-10-24-63/h3-8,11-18,20-23,25-27,32-33,36,46,48-54,67H,9-10,19,24,28-31,34-35,63-64H2,1-2H3,(H2,65,75)(H,68,79)(H,69,80)(H,70,81)(H,71,78)(H,72,76)(H,73,82)(H,74,77)/t46-,48-,49-,50-,51+,52-,53+,54+/m0/s1. The van der Waals surface area contributed by atoms with Crippen molar-refractivity contribution in [2.45, 2.75) is 107 Å². The van der Waals surface area contributed by atoms with Crippen molar-refractivity contribution in [2.24, 2.45) is 23.1 Å². The summed E-state index contributed by atoms with van der Waals surface area (Å²) in [6, 6.07) is 27.4. The van der Waals surface area contributed by atoms with Crippen molar-refractivity contribution in [1.29, 1.82) is 0 Å². The lowest BCUT2D eigenvalue weighted by atomic mass is 10.00. The zero-order chi connectivity index (χ0) is 59.7. The number of nitrogens with two attached hydrogens (primary N) is 3. The predicted molar refractivity (Wildman–Crippen MR) is 329 cm³/mol. The number of aromatic nitrogens is 2. The van der Waals surface area contributed by atoms with Crippen LogP contribution in [0.15, 0.2) is 140 Å². The van der Waals surface area contributed by atoms with E-state index in [4.69, 9.17) is 17.2 Å². The van der Waals surface area contributed by atoms with Crippen molar-refractivity contribution in [1.82, 2.24) is 47.2 Å². The minimum absolute atomic E-state index is 0.0261. The molecular weight excluding hydrogens is 1100 g/mol. The Morgan fingerprint density at radius 2 is 1.25 bits per heavy atom. The number of amides is 8. The number of aromatic amines is 1. The van der Waals surface area contributed by atoms with Crippen molar-refractivity contribution < 1.29 is 38.4 Å². The second kappa shape index (κ2) is 29.8. The minimum Gasteiger partial charge on any atom is -0.368 e. The molecule has 8 rings (SSSR count). The zero-order valence-corrected chi connectivity index (χ0v) is 48.4. The molecule has 0 saturated carbocycles. The van der Waals surface area contributed by atoms with Gasteiger partial charge in [-0.3, -0.25) is 43.3 Å². The maximum atomic E-state index is 15.0. The van der Waals surface area contributed by atoms with E-state index in [1.807, 2.05) is 109 Å². The van der Waals surface area contributed by atoms with Gasteiger partial charge in [0.15, 0.2) is 0 Å². The molecule has 3 heterocycles. The van der Waals surface area contributed by atoms with Gasteiger partial charge in [0.25, 0.3) is 0 Å². The summed E-state index contributed by atoms with van der Waals surface area (Å²) >= 11 is 0. The zero-order valence-electron chi connectivity index (χ0n) is 46.8. The molecular formula is C62H72N12O8S2. The SMILES string of the molecule is CC(C)[C@H]1NC(=O)[C@H](CCCCN)NC(=O)[C@@H](Cc2c[nH]c3ccccc23)NC(=O)[C@H](Cc2cccnc2)NC(=O)[C@@H](NC(=O)[C@@H](N)Cc2ccc3ccccc3c2)CSSC[C@H](C(=O)N[C@@H](Cc2ccc3ccccc3c2)C(N)=O)NC1=O. The fraction of sp³-hybridized carbons (Fsp3) is 0.339. The fourth-order valence-corrected chi connectivity index (χ4v) is 12.3. The first kappa shape index (κ1) is 61.8. The molecule has 14 N–H and O–H groups in total. The van der Waals surface area contributed by atoms with Crippen LogP contribution in [-0.4, -0.2) is 124 Å². The summed E-state index contributed by atoms with van der Waals surface area (Å²) in [6.45, 7) is 3.71. The Labute approximate surface area is 494 Å². The van der Waals surface area contributed by atoms with E-state index in [9.17, 15) is 38.4 Å². The topological polar surface area (TPSA) is 328 Å². The third kappa shape index (κ3) is 16.9. The second-order valence-corrected chi connectivity index (χ2v) is 23.9. The molecule has 84 heavy (non-hydrogen) atoms. The summed E-state index contributed by atoms with van der Waals surface area (Å²) in [6.07, 6.45) is 5.81. The van der Waals surface area contributed by atoms with E-state index in [-0.39, 0.29) is 43.6 Å². The maximum Gasteiger partial charge on any atom is 0.244 e. The van der Waals surface area contributed by atoms with Crippen LogP contribution in [0.25, 0.3) is 32.4 Å². The summed E-state index contributed by atoms with van der Waals surface area (Å²) in [4.78, 5) is 123. The van der Waals surface area contributed by atoms with Crippen LogP contribution in [0.5, 0.6) is 0 Å². The van der Waals surface area contributed by atoms with Gasteiger partial charge < -0.3 is 59.4 Å². The smallest absolute Gasteiger partial charge is 0.244 e. The number of carbonyl (C=O) groups is 8. The third-order valence-electron chi connectivity index (χ3n) is 14.7. The van der Waals surface area contributed by atoms with Gasteiger partial charge in [0.2, 0.25) is 47.3 Å². The Balaban J connectivity index is 1.13. The Kier molecular flexibility index (Phi) is 21.9. The Morgan fingerprint density at radius 3 is 1.90 bits per heavy atom. The highest BCUT2D eigenvalue weighted by molar-refractivity contribution is 8.76. The number of nitrogens with one attached hydrogen (secondary N) is 8. The highest BCUT2D eigenvalue weighted by Gasteiger charge is 2.36. The number of nitrogens with zero attached hydrogens (tertiary/aromatic N) is 1. The Hall–Kier alpha value is -8.31. The number of hydrogen-bond acceptors (Lipinski definition) is 13. The highest BCUT2D eigenvalue weighted by atomic mass is 33.1. The van der Waals surface area contributed by atoms with Crippen LogP contribution in [0, 0.1) is 5.92 Å². The summed E-state index contributed by atoms with van der Waals surface area (Å²) in [5.74, 6) is -6.85. The lowest BCUT2D eigenvalue weighted by Gasteiger charge is -2.29. The Morgan fingerprint density at radius 1 is 0.643 bits per heavy atom. The van der Waals surface area contributed by atoms with Crippen molar-refractivity contribution >= 4 is 101 Å². The van der Waals surface area contributed by atoms with Crippen LogP contribution in [0.1, 0.15) is 55.4 Å². The fourth-order valence-electron chi connectivity index (χ4n) is 10.0. The van der Waals surface area contributed by atoms with Crippen LogP contribution in [0.4, 0.5) is 0 Å². The van der Waals surface area contributed by atoms with Gasteiger partial charge in [-0.25, -0.2) is 0 Å². The molecule has 0 spiro atoms. The quantitative estimate of drug-likeness (QED) is 0.0434. The number of rotatable bonds is 18. The molecule has 8 atom stereocenters. The predicted octanol–water partition coefficient (Wildman–Crippen LogP) is 3.53. The summed E-state index contributed by atoms with van der Waals surface area (Å²) in [5, 5.41) is 24.4. The first-order valence-electron chi connectivity index (χ1n) is 28.0. The van der Waals surface area contributed by atoms with Crippen molar-refractivity contribution in [3.63, 3.8) is 0 Å². The van der Waals surface area contributed by atoms with E-state index in [0.29, 0.717) is 36.1 Å². The molecule has 0 aliphatic carbocycles. The van der Waals surface area contributed by atoms with Gasteiger partial charge in [-0.15, -0.1) is 0 Å². The number of hydrogen-bond donors (Lipinski definition) is 11. The number of para-hydroxylation sites is 1. The number of carbonyl (C=O) groups excluding carboxylic acids is 8. The highest BCUT2D eigenvalue weighted by Crippen LogP contribution is 2.25. The molecule has 0 bridgehead atoms. The summed E-state index contributed by atoms with van der Waals surface area (Å²) in [5.41, 5.74) is 21.9. The van der Waals surface area contributed by atoms with Crippen LogP contribution >= 0.6 is 21.6 Å². The molecule has 440 valence electrons. The maximum absolute atomic E-state index is 15.0. The largest absolute Gasteiger partial charge is 0.368 e. The normalized spacial score (nSPS) is 20.4. The number of fused-ring (bicyclic) bond motifs is 3. The monoisotopic (exact) mass is 1180 g/mol. The molecule has 5 aromatic carbocycles. The molecule has 1 aliphatic rings. The summed E-state index contributed by atoms with van der Waals surface area (Å²) in [7, 11) is 2.17. The molecule has 8 amide bonds. The van der Waals surface area contributed by atoms with Gasteiger partial charge in [0, 0.05) is 60.3 Å². The van der Waals surface area contributed by atoms with Crippen molar-refractivity contribution in [3.8, 4) is 0 Å². The van der Waals surface area contributed by atoms with Crippen LogP contribution in [0.2, 0.25) is 0 Å². The van der Waals surface area contributed by atoms with Crippen LogP contribution in [-0.2, 0) is 64.0 Å². The molecule has 22 heteroatoms. The lowest BCUT2D eigenvalue weighted by Crippen LogP contribution is -2.61. The van der Waals surface area contributed by atoms with Gasteiger partial charge in [0.1, 0.15) is 42.3 Å². The Bertz CT molecular complexity index is 3470.